The second kappa shape index (κ2) is 5.71. The van der Waals surface area contributed by atoms with E-state index >= 15 is 0 Å². The minimum absolute atomic E-state index is 0.337. The average Bonchev–Trinajstić information content (AvgIpc) is 2.76. The second-order valence-corrected chi connectivity index (χ2v) is 6.56. The third-order valence-electron chi connectivity index (χ3n) is 5.04. The van der Waals surface area contributed by atoms with E-state index < -0.39 is 0 Å². The predicted molar refractivity (Wildman–Crippen MR) is 74.3 cm³/mol. The smallest absolute Gasteiger partial charge is 0.0277 e. The molecule has 0 amide bonds. The third-order valence-corrected chi connectivity index (χ3v) is 5.04. The molecule has 1 saturated carbocycles. The molecule has 0 spiro atoms. The van der Waals surface area contributed by atoms with Crippen LogP contribution in [0.3, 0.4) is 0 Å². The van der Waals surface area contributed by atoms with E-state index in [2.05, 4.69) is 31.0 Å². The van der Waals surface area contributed by atoms with Crippen LogP contribution in [0.5, 0.6) is 0 Å². The minimum atomic E-state index is 0.337. The summed E-state index contributed by atoms with van der Waals surface area (Å²) in [5.41, 5.74) is 0.337. The van der Waals surface area contributed by atoms with Crippen LogP contribution in [0.25, 0.3) is 0 Å². The molecule has 17 heavy (non-hydrogen) atoms. The van der Waals surface area contributed by atoms with Gasteiger partial charge in [0.1, 0.15) is 0 Å². The molecule has 2 aliphatic rings. The fourth-order valence-electron chi connectivity index (χ4n) is 3.43. The van der Waals surface area contributed by atoms with Gasteiger partial charge in [0.15, 0.2) is 0 Å². The molecule has 2 rings (SSSR count). The molecule has 2 atom stereocenters. The first-order chi connectivity index (χ1) is 8.13. The van der Waals surface area contributed by atoms with Crippen LogP contribution in [-0.4, -0.2) is 36.1 Å². The van der Waals surface area contributed by atoms with Gasteiger partial charge in [0.25, 0.3) is 0 Å². The van der Waals surface area contributed by atoms with Gasteiger partial charge in [-0.3, -0.25) is 4.90 Å². The Morgan fingerprint density at radius 2 is 1.94 bits per heavy atom. The molecule has 0 radical (unpaired) electrons. The minimum Gasteiger partial charge on any atom is -0.310 e. The van der Waals surface area contributed by atoms with Crippen molar-refractivity contribution in [3.05, 3.63) is 0 Å². The lowest BCUT2D eigenvalue weighted by Gasteiger charge is -2.36. The van der Waals surface area contributed by atoms with Gasteiger partial charge in [0, 0.05) is 24.7 Å². The van der Waals surface area contributed by atoms with Crippen molar-refractivity contribution in [2.45, 2.75) is 70.9 Å². The fourth-order valence-corrected chi connectivity index (χ4v) is 3.43. The van der Waals surface area contributed by atoms with E-state index in [-0.39, 0.29) is 0 Å². The molecule has 0 aromatic carbocycles. The molecule has 1 aliphatic carbocycles. The van der Waals surface area contributed by atoms with Crippen LogP contribution in [0.4, 0.5) is 0 Å². The molecule has 2 nitrogen and oxygen atoms in total. The largest absolute Gasteiger partial charge is 0.310 e. The quantitative estimate of drug-likeness (QED) is 0.813. The van der Waals surface area contributed by atoms with Gasteiger partial charge in [-0.1, -0.05) is 19.8 Å². The van der Waals surface area contributed by atoms with Crippen molar-refractivity contribution in [1.82, 2.24) is 10.2 Å². The molecule has 0 aromatic heterocycles. The monoisotopic (exact) mass is 238 g/mol. The highest BCUT2D eigenvalue weighted by atomic mass is 15.2. The van der Waals surface area contributed by atoms with Crippen molar-refractivity contribution < 1.29 is 0 Å². The zero-order valence-electron chi connectivity index (χ0n) is 12.0. The molecule has 1 heterocycles. The number of nitrogens with one attached hydrogen (secondary N) is 1. The van der Waals surface area contributed by atoms with Crippen molar-refractivity contribution >= 4 is 0 Å². The maximum atomic E-state index is 3.75. The number of rotatable bonds is 3. The highest BCUT2D eigenvalue weighted by Gasteiger charge is 2.31. The predicted octanol–water partition coefficient (Wildman–Crippen LogP) is 3.03. The SMILES string of the molecule is CCC1(C)CN(CC2CCCC2)C(C)CCN1. The van der Waals surface area contributed by atoms with Crippen molar-refractivity contribution in [3.8, 4) is 0 Å². The summed E-state index contributed by atoms with van der Waals surface area (Å²) >= 11 is 0. The van der Waals surface area contributed by atoms with Crippen LogP contribution in [0.15, 0.2) is 0 Å². The lowest BCUT2D eigenvalue weighted by molar-refractivity contribution is 0.147. The highest BCUT2D eigenvalue weighted by Crippen LogP contribution is 2.28. The van der Waals surface area contributed by atoms with Gasteiger partial charge in [-0.05, 0) is 52.0 Å². The van der Waals surface area contributed by atoms with Gasteiger partial charge in [-0.2, -0.15) is 0 Å². The van der Waals surface area contributed by atoms with Crippen LogP contribution < -0.4 is 5.32 Å². The first-order valence-corrected chi connectivity index (χ1v) is 7.62. The molecule has 2 unspecified atom stereocenters. The summed E-state index contributed by atoms with van der Waals surface area (Å²) in [5, 5.41) is 3.75. The van der Waals surface area contributed by atoms with Gasteiger partial charge in [0.05, 0.1) is 0 Å². The second-order valence-electron chi connectivity index (χ2n) is 6.56. The topological polar surface area (TPSA) is 15.3 Å². The van der Waals surface area contributed by atoms with E-state index in [1.807, 2.05) is 0 Å². The Bertz CT molecular complexity index is 235. The summed E-state index contributed by atoms with van der Waals surface area (Å²) in [6, 6.07) is 0.761. The first kappa shape index (κ1) is 13.4. The maximum Gasteiger partial charge on any atom is 0.0277 e. The average molecular weight is 238 g/mol. The zero-order chi connectivity index (χ0) is 12.3. The molecule has 1 saturated heterocycles. The summed E-state index contributed by atoms with van der Waals surface area (Å²) in [6.07, 6.45) is 8.43. The van der Waals surface area contributed by atoms with Crippen LogP contribution >= 0.6 is 0 Å². The zero-order valence-corrected chi connectivity index (χ0v) is 12.0. The Kier molecular flexibility index (Phi) is 4.48. The third kappa shape index (κ3) is 3.45. The summed E-state index contributed by atoms with van der Waals surface area (Å²) in [4.78, 5) is 2.76. The standard InChI is InChI=1S/C15H30N2/c1-4-15(3)12-17(13(2)9-10-16-15)11-14-7-5-6-8-14/h13-14,16H,4-12H2,1-3H3. The fraction of sp³-hybridized carbons (Fsp3) is 1.00. The van der Waals surface area contributed by atoms with Gasteiger partial charge < -0.3 is 5.32 Å². The van der Waals surface area contributed by atoms with E-state index in [4.69, 9.17) is 0 Å². The Balaban J connectivity index is 1.96. The van der Waals surface area contributed by atoms with Gasteiger partial charge in [-0.15, -0.1) is 0 Å². The van der Waals surface area contributed by atoms with Crippen LogP contribution in [0.1, 0.15) is 59.3 Å². The summed E-state index contributed by atoms with van der Waals surface area (Å²) in [7, 11) is 0. The van der Waals surface area contributed by atoms with E-state index in [1.54, 1.807) is 0 Å². The first-order valence-electron chi connectivity index (χ1n) is 7.62. The van der Waals surface area contributed by atoms with Crippen molar-refractivity contribution in [2.24, 2.45) is 5.92 Å². The van der Waals surface area contributed by atoms with Crippen LogP contribution in [-0.2, 0) is 0 Å². The molecule has 2 heteroatoms. The number of hydrogen-bond donors (Lipinski definition) is 1. The summed E-state index contributed by atoms with van der Waals surface area (Å²) in [5.74, 6) is 0.983. The Morgan fingerprint density at radius 3 is 2.59 bits per heavy atom. The summed E-state index contributed by atoms with van der Waals surface area (Å²) < 4.78 is 0. The maximum absolute atomic E-state index is 3.75. The Hall–Kier alpha value is -0.0800. The van der Waals surface area contributed by atoms with E-state index in [0.29, 0.717) is 5.54 Å². The molecule has 0 bridgehead atoms. The van der Waals surface area contributed by atoms with Crippen LogP contribution in [0, 0.1) is 5.92 Å². The van der Waals surface area contributed by atoms with Gasteiger partial charge in [-0.25, -0.2) is 0 Å². The lowest BCUT2D eigenvalue weighted by atomic mass is 9.97. The van der Waals surface area contributed by atoms with Gasteiger partial charge >= 0.3 is 0 Å². The molecule has 1 aliphatic heterocycles. The van der Waals surface area contributed by atoms with E-state index in [9.17, 15) is 0 Å². The van der Waals surface area contributed by atoms with Gasteiger partial charge in [0.2, 0.25) is 0 Å². The normalized spacial score (nSPS) is 37.2. The van der Waals surface area contributed by atoms with Crippen molar-refractivity contribution in [3.63, 3.8) is 0 Å². The van der Waals surface area contributed by atoms with Crippen LogP contribution in [0.2, 0.25) is 0 Å². The van der Waals surface area contributed by atoms with Crippen molar-refractivity contribution in [1.29, 1.82) is 0 Å². The van der Waals surface area contributed by atoms with Crippen molar-refractivity contribution in [2.75, 3.05) is 19.6 Å². The Morgan fingerprint density at radius 1 is 1.24 bits per heavy atom. The van der Waals surface area contributed by atoms with E-state index in [0.717, 1.165) is 12.0 Å². The number of hydrogen-bond acceptors (Lipinski definition) is 2. The number of nitrogens with zero attached hydrogens (tertiary/aromatic N) is 1. The molecular formula is C15H30N2. The van der Waals surface area contributed by atoms with E-state index in [1.165, 1.54) is 58.2 Å². The molecular weight excluding hydrogens is 208 g/mol. The molecule has 0 aromatic rings. The summed E-state index contributed by atoms with van der Waals surface area (Å²) in [6.45, 7) is 10.9. The Labute approximate surface area is 107 Å². The molecule has 100 valence electrons. The molecule has 2 fully saturated rings. The highest BCUT2D eigenvalue weighted by molar-refractivity contribution is 4.91. The molecule has 1 N–H and O–H groups in total. The lowest BCUT2D eigenvalue weighted by Crippen LogP contribution is -2.50.